The van der Waals surface area contributed by atoms with E-state index in [0.29, 0.717) is 11.4 Å². The summed E-state index contributed by atoms with van der Waals surface area (Å²) in [4.78, 5) is 11.5. The molecule has 1 aromatic heterocycles. The first kappa shape index (κ1) is 13.8. The number of carbonyl (C=O) groups is 1. The van der Waals surface area contributed by atoms with Crippen molar-refractivity contribution in [3.05, 3.63) is 57.3 Å². The quantitative estimate of drug-likeness (QED) is 0.876. The zero-order valence-electron chi connectivity index (χ0n) is 11.0. The van der Waals surface area contributed by atoms with Gasteiger partial charge in [-0.25, -0.2) is 4.79 Å². The topological polar surface area (TPSA) is 49.3 Å². The first-order chi connectivity index (χ1) is 9.09. The van der Waals surface area contributed by atoms with Crippen molar-refractivity contribution in [1.29, 1.82) is 0 Å². The van der Waals surface area contributed by atoms with E-state index in [9.17, 15) is 4.79 Å². The van der Waals surface area contributed by atoms with Crippen molar-refractivity contribution in [3.63, 3.8) is 0 Å². The van der Waals surface area contributed by atoms with Gasteiger partial charge in [0.05, 0.1) is 0 Å². The van der Waals surface area contributed by atoms with Crippen molar-refractivity contribution in [2.24, 2.45) is 0 Å². The lowest BCUT2D eigenvalue weighted by molar-refractivity contribution is 0.0701. The maximum atomic E-state index is 11.0. The standard InChI is InChI=1S/C15H17NO2S/c1-10-5-3-4-6-13(10)11(2)16-9-12-7-8-19-14(12)15(17)18/h3-8,11,16H,9H2,1-2H3,(H,17,18). The van der Waals surface area contributed by atoms with Gasteiger partial charge in [-0.05, 0) is 42.0 Å². The van der Waals surface area contributed by atoms with Gasteiger partial charge in [-0.3, -0.25) is 0 Å². The van der Waals surface area contributed by atoms with Crippen LogP contribution in [0.15, 0.2) is 35.7 Å². The van der Waals surface area contributed by atoms with Gasteiger partial charge in [0.15, 0.2) is 0 Å². The van der Waals surface area contributed by atoms with Gasteiger partial charge in [0.2, 0.25) is 0 Å². The Hall–Kier alpha value is -1.65. The second-order valence-electron chi connectivity index (χ2n) is 4.54. The van der Waals surface area contributed by atoms with Crippen LogP contribution in [-0.2, 0) is 6.54 Å². The van der Waals surface area contributed by atoms with E-state index in [2.05, 4.69) is 31.3 Å². The maximum absolute atomic E-state index is 11.0. The van der Waals surface area contributed by atoms with Gasteiger partial charge in [-0.15, -0.1) is 11.3 Å². The Kier molecular flexibility index (Phi) is 4.35. The Morgan fingerprint density at radius 2 is 2.11 bits per heavy atom. The van der Waals surface area contributed by atoms with Crippen molar-refractivity contribution in [2.75, 3.05) is 0 Å². The van der Waals surface area contributed by atoms with Gasteiger partial charge in [0, 0.05) is 12.6 Å². The molecule has 4 heteroatoms. The van der Waals surface area contributed by atoms with Crippen LogP contribution in [0.3, 0.4) is 0 Å². The third-order valence-electron chi connectivity index (χ3n) is 3.19. The molecule has 2 aromatic rings. The van der Waals surface area contributed by atoms with Gasteiger partial charge in [-0.1, -0.05) is 24.3 Å². The highest BCUT2D eigenvalue weighted by atomic mass is 32.1. The lowest BCUT2D eigenvalue weighted by atomic mass is 10.0. The molecule has 0 aliphatic rings. The number of aryl methyl sites for hydroxylation is 1. The molecule has 0 saturated carbocycles. The normalized spacial score (nSPS) is 12.3. The van der Waals surface area contributed by atoms with E-state index in [1.807, 2.05) is 23.6 Å². The molecular weight excluding hydrogens is 258 g/mol. The molecule has 2 N–H and O–H groups in total. The van der Waals surface area contributed by atoms with Crippen molar-refractivity contribution in [1.82, 2.24) is 5.32 Å². The Balaban J connectivity index is 2.05. The predicted molar refractivity (Wildman–Crippen MR) is 77.7 cm³/mol. The highest BCUT2D eigenvalue weighted by Gasteiger charge is 2.13. The fourth-order valence-corrected chi connectivity index (χ4v) is 2.87. The zero-order chi connectivity index (χ0) is 13.8. The molecule has 1 atom stereocenters. The van der Waals surface area contributed by atoms with Gasteiger partial charge < -0.3 is 10.4 Å². The number of carboxylic acid groups (broad SMARTS) is 1. The molecule has 100 valence electrons. The van der Waals surface area contributed by atoms with Gasteiger partial charge >= 0.3 is 5.97 Å². The molecule has 0 amide bonds. The summed E-state index contributed by atoms with van der Waals surface area (Å²) in [6.07, 6.45) is 0. The summed E-state index contributed by atoms with van der Waals surface area (Å²) in [7, 11) is 0. The molecular formula is C15H17NO2S. The molecule has 19 heavy (non-hydrogen) atoms. The van der Waals surface area contributed by atoms with E-state index < -0.39 is 5.97 Å². The van der Waals surface area contributed by atoms with Crippen LogP contribution < -0.4 is 5.32 Å². The molecule has 2 rings (SSSR count). The van der Waals surface area contributed by atoms with Crippen molar-refractivity contribution >= 4 is 17.3 Å². The minimum atomic E-state index is -0.852. The molecule has 0 radical (unpaired) electrons. The van der Waals surface area contributed by atoms with Crippen LogP contribution in [0.1, 0.15) is 39.3 Å². The van der Waals surface area contributed by atoms with Gasteiger partial charge in [0.25, 0.3) is 0 Å². The van der Waals surface area contributed by atoms with Gasteiger partial charge in [-0.2, -0.15) is 0 Å². The Labute approximate surface area is 116 Å². The summed E-state index contributed by atoms with van der Waals surface area (Å²) in [6.45, 7) is 4.75. The van der Waals surface area contributed by atoms with Crippen molar-refractivity contribution in [2.45, 2.75) is 26.4 Å². The summed E-state index contributed by atoms with van der Waals surface area (Å²) in [5.41, 5.74) is 3.33. The van der Waals surface area contributed by atoms with Crippen LogP contribution in [0.5, 0.6) is 0 Å². The van der Waals surface area contributed by atoms with E-state index in [4.69, 9.17) is 5.11 Å². The minimum Gasteiger partial charge on any atom is -0.477 e. The van der Waals surface area contributed by atoms with Crippen LogP contribution in [0, 0.1) is 6.92 Å². The smallest absolute Gasteiger partial charge is 0.346 e. The second-order valence-corrected chi connectivity index (χ2v) is 5.46. The van der Waals surface area contributed by atoms with Gasteiger partial charge in [0.1, 0.15) is 4.88 Å². The molecule has 3 nitrogen and oxygen atoms in total. The highest BCUT2D eigenvalue weighted by molar-refractivity contribution is 7.12. The molecule has 0 aliphatic heterocycles. The maximum Gasteiger partial charge on any atom is 0.346 e. The van der Waals surface area contributed by atoms with Crippen molar-refractivity contribution < 1.29 is 9.90 Å². The molecule has 0 spiro atoms. The van der Waals surface area contributed by atoms with E-state index >= 15 is 0 Å². The summed E-state index contributed by atoms with van der Waals surface area (Å²) in [6, 6.07) is 10.3. The van der Waals surface area contributed by atoms with Crippen LogP contribution >= 0.6 is 11.3 Å². The minimum absolute atomic E-state index is 0.197. The lowest BCUT2D eigenvalue weighted by Crippen LogP contribution is -2.19. The molecule has 0 aliphatic carbocycles. The lowest BCUT2D eigenvalue weighted by Gasteiger charge is -2.16. The van der Waals surface area contributed by atoms with E-state index in [1.165, 1.54) is 22.5 Å². The Morgan fingerprint density at radius 1 is 1.37 bits per heavy atom. The number of aromatic carboxylic acids is 1. The number of rotatable bonds is 5. The fraction of sp³-hybridized carbons (Fsp3) is 0.267. The van der Waals surface area contributed by atoms with Crippen LogP contribution in [0.2, 0.25) is 0 Å². The Bertz CT molecular complexity index is 577. The van der Waals surface area contributed by atoms with Crippen LogP contribution in [0.25, 0.3) is 0 Å². The highest BCUT2D eigenvalue weighted by Crippen LogP contribution is 2.20. The first-order valence-corrected chi connectivity index (χ1v) is 7.06. The molecule has 0 saturated heterocycles. The summed E-state index contributed by atoms with van der Waals surface area (Å²) in [5.74, 6) is -0.852. The van der Waals surface area contributed by atoms with E-state index in [0.717, 1.165) is 5.56 Å². The fourth-order valence-electron chi connectivity index (χ4n) is 2.11. The average molecular weight is 275 g/mol. The largest absolute Gasteiger partial charge is 0.477 e. The molecule has 1 aromatic carbocycles. The molecule has 1 heterocycles. The Morgan fingerprint density at radius 3 is 2.79 bits per heavy atom. The molecule has 0 bridgehead atoms. The number of benzene rings is 1. The summed E-state index contributed by atoms with van der Waals surface area (Å²) >= 11 is 1.27. The predicted octanol–water partition coefficient (Wildman–Crippen LogP) is 3.61. The number of hydrogen-bond acceptors (Lipinski definition) is 3. The third kappa shape index (κ3) is 3.22. The average Bonchev–Trinajstić information content (AvgIpc) is 2.85. The SMILES string of the molecule is Cc1ccccc1C(C)NCc1ccsc1C(=O)O. The van der Waals surface area contributed by atoms with E-state index in [-0.39, 0.29) is 6.04 Å². The zero-order valence-corrected chi connectivity index (χ0v) is 11.8. The van der Waals surface area contributed by atoms with Crippen LogP contribution in [0.4, 0.5) is 0 Å². The first-order valence-electron chi connectivity index (χ1n) is 6.18. The monoisotopic (exact) mass is 275 g/mol. The van der Waals surface area contributed by atoms with Crippen molar-refractivity contribution in [3.8, 4) is 0 Å². The molecule has 1 unspecified atom stereocenters. The second kappa shape index (κ2) is 5.99. The molecule has 0 fully saturated rings. The number of thiophene rings is 1. The number of nitrogens with one attached hydrogen (secondary N) is 1. The van der Waals surface area contributed by atoms with Crippen LogP contribution in [-0.4, -0.2) is 11.1 Å². The number of hydrogen-bond donors (Lipinski definition) is 2. The summed E-state index contributed by atoms with van der Waals surface area (Å²) < 4.78 is 0. The van der Waals surface area contributed by atoms with E-state index in [1.54, 1.807) is 0 Å². The number of carboxylic acids is 1. The third-order valence-corrected chi connectivity index (χ3v) is 4.14. The summed E-state index contributed by atoms with van der Waals surface area (Å²) in [5, 5.41) is 14.3.